The van der Waals surface area contributed by atoms with Crippen LogP contribution in [0.15, 0.2) is 12.5 Å². The molecule has 0 unspecified atom stereocenters. The summed E-state index contributed by atoms with van der Waals surface area (Å²) in [6.07, 6.45) is 7.76. The smallest absolute Gasteiger partial charge is 0.0949 e. The maximum absolute atomic E-state index is 5.15. The van der Waals surface area contributed by atoms with Crippen LogP contribution in [0.1, 0.15) is 25.0 Å². The van der Waals surface area contributed by atoms with Crippen molar-refractivity contribution in [1.82, 2.24) is 19.4 Å². The van der Waals surface area contributed by atoms with Gasteiger partial charge in [0, 0.05) is 39.0 Å². The fourth-order valence-electron chi connectivity index (χ4n) is 2.91. The minimum absolute atomic E-state index is 0.735. The van der Waals surface area contributed by atoms with Crippen molar-refractivity contribution in [3.63, 3.8) is 0 Å². The minimum atomic E-state index is 0.735. The lowest BCUT2D eigenvalue weighted by molar-refractivity contribution is 0.184. The third-order valence-corrected chi connectivity index (χ3v) is 4.24. The summed E-state index contributed by atoms with van der Waals surface area (Å²) in [6.45, 7) is 5.01. The highest BCUT2D eigenvalue weighted by atomic mass is 16.5. The van der Waals surface area contributed by atoms with Crippen molar-refractivity contribution in [1.29, 1.82) is 0 Å². The molecule has 2 rings (SSSR count). The van der Waals surface area contributed by atoms with E-state index in [1.54, 1.807) is 7.11 Å². The Labute approximate surface area is 122 Å². The Hall–Kier alpha value is -0.910. The van der Waals surface area contributed by atoms with Gasteiger partial charge in [0.25, 0.3) is 0 Å². The van der Waals surface area contributed by atoms with Gasteiger partial charge in [0.15, 0.2) is 0 Å². The van der Waals surface area contributed by atoms with Gasteiger partial charge in [0.05, 0.1) is 18.6 Å². The van der Waals surface area contributed by atoms with Gasteiger partial charge in [-0.15, -0.1) is 0 Å². The average Bonchev–Trinajstić information content (AvgIpc) is 2.71. The molecule has 5 heteroatoms. The average molecular weight is 280 g/mol. The minimum Gasteiger partial charge on any atom is -0.383 e. The molecule has 114 valence electrons. The number of hydrogen-bond acceptors (Lipinski definition) is 4. The lowest BCUT2D eigenvalue weighted by Crippen LogP contribution is -2.30. The molecule has 1 aromatic rings. The number of ether oxygens (including phenoxy) is 1. The van der Waals surface area contributed by atoms with E-state index in [-0.39, 0.29) is 0 Å². The first-order chi connectivity index (χ1) is 9.70. The fourth-order valence-corrected chi connectivity index (χ4v) is 2.91. The van der Waals surface area contributed by atoms with E-state index >= 15 is 0 Å². The summed E-state index contributed by atoms with van der Waals surface area (Å²) in [6, 6.07) is 0.735. The molecule has 0 aromatic carbocycles. The predicted molar refractivity (Wildman–Crippen MR) is 80.7 cm³/mol. The number of methoxy groups -OCH3 is 1. The first kappa shape index (κ1) is 15.5. The molecule has 0 spiro atoms. The zero-order valence-corrected chi connectivity index (χ0v) is 13.1. The molecule has 2 heterocycles. The van der Waals surface area contributed by atoms with Gasteiger partial charge in [0.1, 0.15) is 0 Å². The van der Waals surface area contributed by atoms with E-state index in [9.17, 15) is 0 Å². The number of nitrogens with zero attached hydrogens (tertiary/aromatic N) is 4. The Morgan fingerprint density at radius 2 is 2.20 bits per heavy atom. The molecule has 5 nitrogen and oxygen atoms in total. The van der Waals surface area contributed by atoms with E-state index < -0.39 is 0 Å². The normalized spacial score (nSPS) is 21.3. The predicted octanol–water partition coefficient (Wildman–Crippen LogP) is 1.45. The molecule has 1 saturated heterocycles. The van der Waals surface area contributed by atoms with Crippen molar-refractivity contribution in [2.45, 2.75) is 38.4 Å². The Balaban J connectivity index is 1.88. The molecule has 0 N–H and O–H groups in total. The van der Waals surface area contributed by atoms with Gasteiger partial charge in [-0.3, -0.25) is 4.90 Å². The highest BCUT2D eigenvalue weighted by Gasteiger charge is 2.19. The third-order valence-electron chi connectivity index (χ3n) is 4.24. The Morgan fingerprint density at radius 1 is 1.35 bits per heavy atom. The van der Waals surface area contributed by atoms with E-state index in [2.05, 4.69) is 33.4 Å². The lowest BCUT2D eigenvalue weighted by Gasteiger charge is -2.23. The molecular formula is C15H28N4O. The maximum atomic E-state index is 5.15. The van der Waals surface area contributed by atoms with Crippen LogP contribution < -0.4 is 0 Å². The summed E-state index contributed by atoms with van der Waals surface area (Å²) in [4.78, 5) is 9.21. The van der Waals surface area contributed by atoms with Crippen molar-refractivity contribution in [3.05, 3.63) is 18.2 Å². The van der Waals surface area contributed by atoms with E-state index in [1.165, 1.54) is 38.0 Å². The van der Waals surface area contributed by atoms with Crippen molar-refractivity contribution in [2.24, 2.45) is 0 Å². The van der Waals surface area contributed by atoms with Crippen molar-refractivity contribution >= 4 is 0 Å². The second-order valence-electron chi connectivity index (χ2n) is 5.90. The van der Waals surface area contributed by atoms with Crippen LogP contribution in [0.2, 0.25) is 0 Å². The van der Waals surface area contributed by atoms with Gasteiger partial charge in [0.2, 0.25) is 0 Å². The van der Waals surface area contributed by atoms with E-state index in [1.807, 2.05) is 12.5 Å². The first-order valence-electron chi connectivity index (χ1n) is 7.57. The largest absolute Gasteiger partial charge is 0.383 e. The van der Waals surface area contributed by atoms with Crippen LogP contribution in [-0.4, -0.2) is 66.3 Å². The van der Waals surface area contributed by atoms with Gasteiger partial charge in [-0.1, -0.05) is 0 Å². The van der Waals surface area contributed by atoms with Crippen molar-refractivity contribution < 1.29 is 4.74 Å². The van der Waals surface area contributed by atoms with Crippen LogP contribution in [0.25, 0.3) is 0 Å². The summed E-state index contributed by atoms with van der Waals surface area (Å²) in [7, 11) is 6.13. The third kappa shape index (κ3) is 4.30. The number of imidazole rings is 1. The monoisotopic (exact) mass is 280 g/mol. The summed E-state index contributed by atoms with van der Waals surface area (Å²) < 4.78 is 7.36. The molecule has 0 aliphatic carbocycles. The molecular weight excluding hydrogens is 252 g/mol. The molecule has 0 saturated carbocycles. The molecule has 0 amide bonds. The zero-order chi connectivity index (χ0) is 14.4. The molecule has 0 bridgehead atoms. The van der Waals surface area contributed by atoms with Gasteiger partial charge >= 0.3 is 0 Å². The van der Waals surface area contributed by atoms with Gasteiger partial charge in [-0.2, -0.15) is 0 Å². The SMILES string of the molecule is COCCn1cncc1CN1CCC[C@H](N(C)C)CC1. The highest BCUT2D eigenvalue weighted by Crippen LogP contribution is 2.16. The van der Waals surface area contributed by atoms with Crippen LogP contribution in [0.5, 0.6) is 0 Å². The zero-order valence-electron chi connectivity index (χ0n) is 13.1. The molecule has 0 radical (unpaired) electrons. The molecule has 1 fully saturated rings. The molecule has 20 heavy (non-hydrogen) atoms. The number of aromatic nitrogens is 2. The van der Waals surface area contributed by atoms with Gasteiger partial charge in [-0.25, -0.2) is 4.98 Å². The van der Waals surface area contributed by atoms with Crippen LogP contribution >= 0.6 is 0 Å². The van der Waals surface area contributed by atoms with E-state index in [4.69, 9.17) is 4.74 Å². The second kappa shape index (κ2) is 7.76. The molecule has 1 atom stereocenters. The molecule has 1 aliphatic heterocycles. The first-order valence-corrected chi connectivity index (χ1v) is 7.57. The number of likely N-dealkylation sites (tertiary alicyclic amines) is 1. The van der Waals surface area contributed by atoms with Crippen molar-refractivity contribution in [2.75, 3.05) is 40.9 Å². The van der Waals surface area contributed by atoms with Crippen LogP contribution in [-0.2, 0) is 17.8 Å². The summed E-state index contributed by atoms with van der Waals surface area (Å²) in [5.41, 5.74) is 1.30. The van der Waals surface area contributed by atoms with Gasteiger partial charge < -0.3 is 14.2 Å². The summed E-state index contributed by atoms with van der Waals surface area (Å²) in [5.74, 6) is 0. The lowest BCUT2D eigenvalue weighted by atomic mass is 10.1. The van der Waals surface area contributed by atoms with E-state index in [0.717, 1.165) is 25.7 Å². The van der Waals surface area contributed by atoms with E-state index in [0.29, 0.717) is 0 Å². The van der Waals surface area contributed by atoms with Gasteiger partial charge in [-0.05, 0) is 39.9 Å². The van der Waals surface area contributed by atoms with Crippen molar-refractivity contribution in [3.8, 4) is 0 Å². The summed E-state index contributed by atoms with van der Waals surface area (Å²) >= 11 is 0. The number of rotatable bonds is 6. The highest BCUT2D eigenvalue weighted by molar-refractivity contribution is 4.98. The van der Waals surface area contributed by atoms with Crippen LogP contribution in [0.3, 0.4) is 0 Å². The standard InChI is InChI=1S/C15H28N4O/c1-17(2)14-5-4-7-18(8-6-14)12-15-11-16-13-19(15)9-10-20-3/h11,13-14H,4-10,12H2,1-3H3/t14-/m0/s1. The van der Waals surface area contributed by atoms with Crippen LogP contribution in [0.4, 0.5) is 0 Å². The number of hydrogen-bond donors (Lipinski definition) is 0. The van der Waals surface area contributed by atoms with Crippen LogP contribution in [0, 0.1) is 0 Å². The molecule has 1 aliphatic rings. The topological polar surface area (TPSA) is 33.5 Å². The Morgan fingerprint density at radius 3 is 2.95 bits per heavy atom. The summed E-state index contributed by atoms with van der Waals surface area (Å²) in [5, 5.41) is 0. The quantitative estimate of drug-likeness (QED) is 0.790. The second-order valence-corrected chi connectivity index (χ2v) is 5.90. The molecule has 1 aromatic heterocycles. The maximum Gasteiger partial charge on any atom is 0.0949 e. The Bertz CT molecular complexity index is 391. The Kier molecular flexibility index (Phi) is 6.01. The fraction of sp³-hybridized carbons (Fsp3) is 0.800.